The first-order valence-electron chi connectivity index (χ1n) is 6.00. The van der Waals surface area contributed by atoms with Crippen LogP contribution in [0.4, 0.5) is 5.69 Å². The Morgan fingerprint density at radius 3 is 2.95 bits per heavy atom. The van der Waals surface area contributed by atoms with Crippen molar-refractivity contribution in [2.45, 2.75) is 6.42 Å². The summed E-state index contributed by atoms with van der Waals surface area (Å²) in [5, 5.41) is 5.33. The van der Waals surface area contributed by atoms with Crippen LogP contribution in [-0.2, 0) is 11.2 Å². The van der Waals surface area contributed by atoms with Crippen molar-refractivity contribution in [1.29, 1.82) is 0 Å². The highest BCUT2D eigenvalue weighted by Crippen LogP contribution is 2.21. The van der Waals surface area contributed by atoms with Crippen molar-refractivity contribution >= 4 is 34.5 Å². The van der Waals surface area contributed by atoms with E-state index in [1.807, 2.05) is 17.5 Å². The molecule has 0 unspecified atom stereocenters. The van der Waals surface area contributed by atoms with E-state index in [1.54, 1.807) is 29.5 Å². The molecule has 0 fully saturated rings. The van der Waals surface area contributed by atoms with Gasteiger partial charge in [-0.1, -0.05) is 29.5 Å². The molecule has 3 nitrogen and oxygen atoms in total. The van der Waals surface area contributed by atoms with Gasteiger partial charge in [0.15, 0.2) is 0 Å². The maximum Gasteiger partial charge on any atom is 0.229 e. The molecule has 0 spiro atoms. The summed E-state index contributed by atoms with van der Waals surface area (Å²) in [4.78, 5) is 13.0. The lowest BCUT2D eigenvalue weighted by Gasteiger charge is -2.07. The van der Waals surface area contributed by atoms with Gasteiger partial charge in [-0.3, -0.25) is 4.79 Å². The number of carbonyl (C=O) groups excluding carboxylic acids is 1. The van der Waals surface area contributed by atoms with Crippen LogP contribution in [0, 0.1) is 11.8 Å². The highest BCUT2D eigenvalue weighted by Gasteiger charge is 2.08. The van der Waals surface area contributed by atoms with Crippen molar-refractivity contribution in [1.82, 2.24) is 0 Å². The van der Waals surface area contributed by atoms with Gasteiger partial charge in [0.05, 0.1) is 18.7 Å². The van der Waals surface area contributed by atoms with Crippen LogP contribution < -0.4 is 11.1 Å². The van der Waals surface area contributed by atoms with Crippen molar-refractivity contribution in [3.8, 4) is 11.8 Å². The topological polar surface area (TPSA) is 55.1 Å². The fourth-order valence-electron chi connectivity index (χ4n) is 1.64. The van der Waals surface area contributed by atoms with Gasteiger partial charge in [-0.25, -0.2) is 0 Å². The molecular formula is C15H13ClN2OS. The summed E-state index contributed by atoms with van der Waals surface area (Å²) in [5.41, 5.74) is 6.68. The Kier molecular flexibility index (Phi) is 5.19. The number of anilines is 1. The number of rotatable bonds is 3. The van der Waals surface area contributed by atoms with E-state index in [0.717, 1.165) is 4.88 Å². The molecule has 0 aliphatic heterocycles. The van der Waals surface area contributed by atoms with Gasteiger partial charge in [-0.15, -0.1) is 11.3 Å². The fourth-order valence-corrected chi connectivity index (χ4v) is 2.52. The SMILES string of the molecule is NCC#Cc1ccc(Cl)cc1NC(=O)Cc1cccs1. The molecule has 102 valence electrons. The predicted molar refractivity (Wildman–Crippen MR) is 84.0 cm³/mol. The molecular weight excluding hydrogens is 292 g/mol. The molecule has 1 heterocycles. The van der Waals surface area contributed by atoms with Crippen LogP contribution in [0.5, 0.6) is 0 Å². The van der Waals surface area contributed by atoms with Crippen LogP contribution >= 0.6 is 22.9 Å². The van der Waals surface area contributed by atoms with E-state index in [0.29, 0.717) is 22.7 Å². The highest BCUT2D eigenvalue weighted by atomic mass is 35.5. The molecule has 0 radical (unpaired) electrons. The number of carbonyl (C=O) groups is 1. The molecule has 0 bridgehead atoms. The van der Waals surface area contributed by atoms with Crippen LogP contribution in [0.3, 0.4) is 0 Å². The summed E-state index contributed by atoms with van der Waals surface area (Å²) in [5.74, 6) is 5.60. The Hall–Kier alpha value is -1.80. The second kappa shape index (κ2) is 7.11. The minimum atomic E-state index is -0.0921. The van der Waals surface area contributed by atoms with Crippen LogP contribution in [0.1, 0.15) is 10.4 Å². The fraction of sp³-hybridized carbons (Fsp3) is 0.133. The number of halogens is 1. The lowest BCUT2D eigenvalue weighted by Crippen LogP contribution is -2.14. The summed E-state index contributed by atoms with van der Waals surface area (Å²) in [6.45, 7) is 0.269. The van der Waals surface area contributed by atoms with Gasteiger partial charge < -0.3 is 11.1 Å². The number of thiophene rings is 1. The lowest BCUT2D eigenvalue weighted by molar-refractivity contribution is -0.115. The molecule has 0 aliphatic carbocycles. The zero-order valence-corrected chi connectivity index (χ0v) is 12.2. The van der Waals surface area contributed by atoms with Crippen LogP contribution in [0.15, 0.2) is 35.7 Å². The Morgan fingerprint density at radius 2 is 2.25 bits per heavy atom. The summed E-state index contributed by atoms with van der Waals surface area (Å²) < 4.78 is 0. The molecule has 0 saturated heterocycles. The minimum Gasteiger partial charge on any atom is -0.325 e. The van der Waals surface area contributed by atoms with Crippen molar-refractivity contribution in [3.05, 3.63) is 51.2 Å². The van der Waals surface area contributed by atoms with Gasteiger partial charge in [0.25, 0.3) is 0 Å². The number of hydrogen-bond donors (Lipinski definition) is 2. The molecule has 2 aromatic rings. The highest BCUT2D eigenvalue weighted by molar-refractivity contribution is 7.10. The average molecular weight is 305 g/mol. The third kappa shape index (κ3) is 4.10. The third-order valence-corrected chi connectivity index (χ3v) is 3.61. The van der Waals surface area contributed by atoms with Gasteiger partial charge in [0.2, 0.25) is 5.91 Å². The average Bonchev–Trinajstić information content (AvgIpc) is 2.90. The molecule has 2 rings (SSSR count). The van der Waals surface area contributed by atoms with E-state index in [4.69, 9.17) is 17.3 Å². The van der Waals surface area contributed by atoms with E-state index < -0.39 is 0 Å². The number of nitrogens with one attached hydrogen (secondary N) is 1. The molecule has 1 amide bonds. The third-order valence-electron chi connectivity index (χ3n) is 2.50. The van der Waals surface area contributed by atoms with E-state index in [1.165, 1.54) is 0 Å². The molecule has 20 heavy (non-hydrogen) atoms. The van der Waals surface area contributed by atoms with Crippen molar-refractivity contribution in [2.24, 2.45) is 5.73 Å². The normalized spacial score (nSPS) is 9.70. The summed E-state index contributed by atoms with van der Waals surface area (Å²) in [6.07, 6.45) is 0.341. The molecule has 5 heteroatoms. The van der Waals surface area contributed by atoms with Gasteiger partial charge in [-0.05, 0) is 29.6 Å². The van der Waals surface area contributed by atoms with Crippen LogP contribution in [-0.4, -0.2) is 12.5 Å². The van der Waals surface area contributed by atoms with Crippen molar-refractivity contribution in [2.75, 3.05) is 11.9 Å². The number of amides is 1. The summed E-state index contributed by atoms with van der Waals surface area (Å²) >= 11 is 7.51. The predicted octanol–water partition coefficient (Wildman–Crippen LogP) is 2.89. The second-order valence-electron chi connectivity index (χ2n) is 4.00. The molecule has 0 saturated carbocycles. The first kappa shape index (κ1) is 14.6. The standard InChI is InChI=1S/C15H13ClN2OS/c16-12-6-5-11(3-1-7-17)14(9-12)18-15(19)10-13-4-2-8-20-13/h2,4-6,8-9H,7,10,17H2,(H,18,19). The maximum atomic E-state index is 12.0. The van der Waals surface area contributed by atoms with E-state index >= 15 is 0 Å². The van der Waals surface area contributed by atoms with Crippen LogP contribution in [0.25, 0.3) is 0 Å². The summed E-state index contributed by atoms with van der Waals surface area (Å²) in [7, 11) is 0. The second-order valence-corrected chi connectivity index (χ2v) is 5.47. The van der Waals surface area contributed by atoms with Crippen molar-refractivity contribution in [3.63, 3.8) is 0 Å². The first-order chi connectivity index (χ1) is 9.69. The van der Waals surface area contributed by atoms with Gasteiger partial charge in [0, 0.05) is 15.5 Å². The number of hydrogen-bond acceptors (Lipinski definition) is 3. The molecule has 3 N–H and O–H groups in total. The Bertz CT molecular complexity index is 656. The van der Waals surface area contributed by atoms with Crippen LogP contribution in [0.2, 0.25) is 5.02 Å². The van der Waals surface area contributed by atoms with Gasteiger partial charge >= 0.3 is 0 Å². The van der Waals surface area contributed by atoms with E-state index in [9.17, 15) is 4.79 Å². The molecule has 0 aliphatic rings. The molecule has 1 aromatic heterocycles. The number of benzene rings is 1. The van der Waals surface area contributed by atoms with E-state index in [2.05, 4.69) is 17.2 Å². The quantitative estimate of drug-likeness (QED) is 0.857. The van der Waals surface area contributed by atoms with E-state index in [-0.39, 0.29) is 12.5 Å². The monoisotopic (exact) mass is 304 g/mol. The van der Waals surface area contributed by atoms with Gasteiger partial charge in [-0.2, -0.15) is 0 Å². The largest absolute Gasteiger partial charge is 0.325 e. The zero-order valence-electron chi connectivity index (χ0n) is 10.7. The smallest absolute Gasteiger partial charge is 0.229 e. The zero-order chi connectivity index (χ0) is 14.4. The molecule has 1 aromatic carbocycles. The Morgan fingerprint density at radius 1 is 1.40 bits per heavy atom. The number of nitrogens with two attached hydrogens (primary N) is 1. The Balaban J connectivity index is 2.15. The van der Waals surface area contributed by atoms with Crippen molar-refractivity contribution < 1.29 is 4.79 Å². The first-order valence-corrected chi connectivity index (χ1v) is 7.25. The van der Waals surface area contributed by atoms with Gasteiger partial charge in [0.1, 0.15) is 0 Å². The lowest BCUT2D eigenvalue weighted by atomic mass is 10.1. The minimum absolute atomic E-state index is 0.0921. The molecule has 0 atom stereocenters. The summed E-state index contributed by atoms with van der Waals surface area (Å²) in [6, 6.07) is 9.04. The maximum absolute atomic E-state index is 12.0. The Labute approximate surface area is 126 Å².